The molecule has 0 unspecified atom stereocenters. The minimum absolute atomic E-state index is 0.748. The summed E-state index contributed by atoms with van der Waals surface area (Å²) in [7, 11) is 0. The molecule has 3 heteroatoms. The number of furan rings is 1. The Morgan fingerprint density at radius 2 is 2.27 bits per heavy atom. The number of rotatable bonds is 1. The van der Waals surface area contributed by atoms with E-state index in [0.717, 1.165) is 11.5 Å². The van der Waals surface area contributed by atoms with Crippen molar-refractivity contribution in [1.82, 2.24) is 9.97 Å². The van der Waals surface area contributed by atoms with Crippen molar-refractivity contribution >= 4 is 0 Å². The van der Waals surface area contributed by atoms with Gasteiger partial charge in [0.2, 0.25) is 0 Å². The van der Waals surface area contributed by atoms with Gasteiger partial charge in [-0.1, -0.05) is 0 Å². The van der Waals surface area contributed by atoms with Gasteiger partial charge in [-0.2, -0.15) is 0 Å². The van der Waals surface area contributed by atoms with Crippen LogP contribution in [0.1, 0.15) is 0 Å². The smallest absolute Gasteiger partial charge is 0.153 e. The maximum absolute atomic E-state index is 5.12. The van der Waals surface area contributed by atoms with Crippen LogP contribution >= 0.6 is 0 Å². The Morgan fingerprint density at radius 1 is 1.27 bits per heavy atom. The molecule has 0 atom stereocenters. The van der Waals surface area contributed by atoms with E-state index < -0.39 is 0 Å². The molecule has 3 nitrogen and oxygen atoms in total. The molecule has 2 heterocycles. The zero-order valence-corrected chi connectivity index (χ0v) is 5.77. The fourth-order valence-corrected chi connectivity index (χ4v) is 0.851. The third-order valence-electron chi connectivity index (χ3n) is 1.34. The van der Waals surface area contributed by atoms with Crippen molar-refractivity contribution in [2.24, 2.45) is 0 Å². The summed E-state index contributed by atoms with van der Waals surface area (Å²) < 4.78 is 5.12. The Kier molecular flexibility index (Phi) is 1.41. The number of nitrogens with zero attached hydrogens (tertiary/aromatic N) is 2. The van der Waals surface area contributed by atoms with Gasteiger partial charge in [0.15, 0.2) is 5.76 Å². The Balaban J connectivity index is 2.46. The average Bonchev–Trinajstić information content (AvgIpc) is 2.58. The second-order valence-corrected chi connectivity index (χ2v) is 2.07. The second-order valence-electron chi connectivity index (χ2n) is 2.07. The van der Waals surface area contributed by atoms with Gasteiger partial charge < -0.3 is 4.42 Å². The Labute approximate surface area is 63.7 Å². The van der Waals surface area contributed by atoms with Crippen LogP contribution in [0.4, 0.5) is 0 Å². The van der Waals surface area contributed by atoms with Crippen molar-refractivity contribution in [2.75, 3.05) is 0 Å². The summed E-state index contributed by atoms with van der Waals surface area (Å²) in [6.07, 6.45) is 6.55. The van der Waals surface area contributed by atoms with Crippen LogP contribution in [0.15, 0.2) is 41.4 Å². The van der Waals surface area contributed by atoms with Gasteiger partial charge in [-0.05, 0) is 12.1 Å². The van der Waals surface area contributed by atoms with Crippen molar-refractivity contribution in [3.8, 4) is 11.5 Å². The van der Waals surface area contributed by atoms with Crippen LogP contribution in [0.2, 0.25) is 0 Å². The molecule has 0 bridgehead atoms. The summed E-state index contributed by atoms with van der Waals surface area (Å²) in [5.41, 5.74) is 0.762. The van der Waals surface area contributed by atoms with Crippen LogP contribution in [0.5, 0.6) is 0 Å². The van der Waals surface area contributed by atoms with E-state index in [1.807, 2.05) is 12.1 Å². The van der Waals surface area contributed by atoms with Crippen LogP contribution in [0.3, 0.4) is 0 Å². The molecule has 0 aliphatic carbocycles. The van der Waals surface area contributed by atoms with E-state index >= 15 is 0 Å². The van der Waals surface area contributed by atoms with E-state index in [2.05, 4.69) is 9.97 Å². The lowest BCUT2D eigenvalue weighted by atomic mass is 10.3. The topological polar surface area (TPSA) is 38.9 Å². The zero-order valence-electron chi connectivity index (χ0n) is 5.77. The van der Waals surface area contributed by atoms with Gasteiger partial charge in [0.05, 0.1) is 12.5 Å². The van der Waals surface area contributed by atoms with Gasteiger partial charge in [0.1, 0.15) is 5.69 Å². The highest BCUT2D eigenvalue weighted by atomic mass is 16.3. The maximum atomic E-state index is 5.12. The third-order valence-corrected chi connectivity index (χ3v) is 1.34. The van der Waals surface area contributed by atoms with Gasteiger partial charge >= 0.3 is 0 Å². The van der Waals surface area contributed by atoms with Crippen molar-refractivity contribution in [3.63, 3.8) is 0 Å². The summed E-state index contributed by atoms with van der Waals surface area (Å²) >= 11 is 0. The standard InChI is InChI=1S/C8H6N2O/c1-2-8(11-5-1)7-6-9-3-4-10-7/h1-6H. The Hall–Kier alpha value is -1.64. The fourth-order valence-electron chi connectivity index (χ4n) is 0.851. The van der Waals surface area contributed by atoms with Crippen LogP contribution in [0.25, 0.3) is 11.5 Å². The number of hydrogen-bond donors (Lipinski definition) is 0. The van der Waals surface area contributed by atoms with E-state index in [9.17, 15) is 0 Å². The minimum atomic E-state index is 0.748. The first kappa shape index (κ1) is 6.09. The molecule has 2 aromatic heterocycles. The molecule has 0 spiro atoms. The molecule has 54 valence electrons. The van der Waals surface area contributed by atoms with Crippen molar-refractivity contribution in [1.29, 1.82) is 0 Å². The summed E-state index contributed by atoms with van der Waals surface area (Å²) in [6.45, 7) is 0. The molecule has 0 amide bonds. The minimum Gasteiger partial charge on any atom is -0.463 e. The Morgan fingerprint density at radius 3 is 2.91 bits per heavy atom. The van der Waals surface area contributed by atoms with Gasteiger partial charge in [-0.15, -0.1) is 0 Å². The number of hydrogen-bond acceptors (Lipinski definition) is 3. The number of aromatic nitrogens is 2. The molecule has 0 saturated heterocycles. The van der Waals surface area contributed by atoms with Gasteiger partial charge in [0, 0.05) is 12.4 Å². The predicted molar refractivity (Wildman–Crippen MR) is 39.7 cm³/mol. The van der Waals surface area contributed by atoms with Crippen molar-refractivity contribution in [2.45, 2.75) is 0 Å². The molecule has 0 fully saturated rings. The Bertz CT molecular complexity index is 315. The van der Waals surface area contributed by atoms with Gasteiger partial charge in [-0.25, -0.2) is 4.98 Å². The molecular weight excluding hydrogens is 140 g/mol. The van der Waals surface area contributed by atoms with Crippen molar-refractivity contribution < 1.29 is 4.42 Å². The summed E-state index contributed by atoms with van der Waals surface area (Å²) in [5, 5.41) is 0. The molecule has 0 aliphatic rings. The zero-order chi connectivity index (χ0) is 7.52. The fraction of sp³-hybridized carbons (Fsp3) is 0. The molecule has 0 N–H and O–H groups in total. The van der Waals surface area contributed by atoms with Crippen LogP contribution in [0, 0.1) is 0 Å². The highest BCUT2D eigenvalue weighted by Crippen LogP contribution is 2.14. The molecule has 0 aromatic carbocycles. The normalized spacial score (nSPS) is 9.82. The van der Waals surface area contributed by atoms with E-state index in [-0.39, 0.29) is 0 Å². The van der Waals surface area contributed by atoms with Crippen molar-refractivity contribution in [3.05, 3.63) is 37.0 Å². The molecule has 11 heavy (non-hydrogen) atoms. The summed E-state index contributed by atoms with van der Waals surface area (Å²) in [5.74, 6) is 0.748. The quantitative estimate of drug-likeness (QED) is 0.615. The average molecular weight is 146 g/mol. The van der Waals surface area contributed by atoms with Gasteiger partial charge in [-0.3, -0.25) is 4.98 Å². The molecule has 0 aliphatic heterocycles. The first-order valence-electron chi connectivity index (χ1n) is 3.27. The van der Waals surface area contributed by atoms with E-state index in [4.69, 9.17) is 4.42 Å². The lowest BCUT2D eigenvalue weighted by molar-refractivity contribution is 0.579. The van der Waals surface area contributed by atoms with Crippen LogP contribution in [-0.2, 0) is 0 Å². The molecule has 0 saturated carbocycles. The lowest BCUT2D eigenvalue weighted by Crippen LogP contribution is -1.80. The maximum Gasteiger partial charge on any atom is 0.153 e. The third kappa shape index (κ3) is 1.12. The molecule has 2 aromatic rings. The van der Waals surface area contributed by atoms with E-state index in [1.165, 1.54) is 0 Å². The lowest BCUT2D eigenvalue weighted by Gasteiger charge is -1.90. The predicted octanol–water partition coefficient (Wildman–Crippen LogP) is 1.74. The van der Waals surface area contributed by atoms with Gasteiger partial charge in [0.25, 0.3) is 0 Å². The molecule has 2 rings (SSSR count). The van der Waals surface area contributed by atoms with Crippen LogP contribution < -0.4 is 0 Å². The summed E-state index contributed by atoms with van der Waals surface area (Å²) in [6, 6.07) is 3.67. The first-order chi connectivity index (χ1) is 5.47. The first-order valence-corrected chi connectivity index (χ1v) is 3.27. The van der Waals surface area contributed by atoms with E-state index in [0.29, 0.717) is 0 Å². The molecule has 0 radical (unpaired) electrons. The monoisotopic (exact) mass is 146 g/mol. The summed E-state index contributed by atoms with van der Waals surface area (Å²) in [4.78, 5) is 7.98. The SMILES string of the molecule is c1coc(-c2cnccn2)c1. The molecular formula is C8H6N2O. The second kappa shape index (κ2) is 2.54. The highest BCUT2D eigenvalue weighted by molar-refractivity contribution is 5.49. The van der Waals surface area contributed by atoms with Crippen LogP contribution in [-0.4, -0.2) is 9.97 Å². The largest absolute Gasteiger partial charge is 0.463 e. The van der Waals surface area contributed by atoms with E-state index in [1.54, 1.807) is 24.9 Å². The highest BCUT2D eigenvalue weighted by Gasteiger charge is 1.98.